The van der Waals surface area contributed by atoms with Crippen molar-refractivity contribution in [3.05, 3.63) is 52.6 Å². The number of pyridine rings is 1. The van der Waals surface area contributed by atoms with Crippen molar-refractivity contribution in [1.29, 1.82) is 5.26 Å². The first kappa shape index (κ1) is 14.2. The summed E-state index contributed by atoms with van der Waals surface area (Å²) in [5.74, 6) is 0. The minimum atomic E-state index is -3.68. The van der Waals surface area contributed by atoms with E-state index in [1.165, 1.54) is 12.1 Å². The van der Waals surface area contributed by atoms with Gasteiger partial charge in [0.2, 0.25) is 9.84 Å². The number of thiophene rings is 1. The number of nitriles is 1. The average molecular weight is 379 g/mol. The summed E-state index contributed by atoms with van der Waals surface area (Å²) < 4.78 is 26.2. The molecule has 4 nitrogen and oxygen atoms in total. The fraction of sp³-hybridized carbons (Fsp3) is 0. The van der Waals surface area contributed by atoms with E-state index < -0.39 is 9.84 Å². The zero-order valence-corrected chi connectivity index (χ0v) is 13.7. The summed E-state index contributed by atoms with van der Waals surface area (Å²) in [6.07, 6.45) is 1.62. The molecule has 0 aliphatic heterocycles. The Kier molecular flexibility index (Phi) is 3.53. The summed E-state index contributed by atoms with van der Waals surface area (Å²) in [5, 5.41) is 9.67. The second-order valence-electron chi connectivity index (χ2n) is 4.20. The van der Waals surface area contributed by atoms with Gasteiger partial charge < -0.3 is 0 Å². The Morgan fingerprint density at radius 1 is 1.24 bits per heavy atom. The zero-order valence-electron chi connectivity index (χ0n) is 10.4. The number of aromatic nitrogens is 1. The molecule has 1 aromatic carbocycles. The van der Waals surface area contributed by atoms with Gasteiger partial charge in [-0.25, -0.2) is 13.4 Å². The largest absolute Gasteiger partial charge is 0.245 e. The second kappa shape index (κ2) is 5.22. The van der Waals surface area contributed by atoms with E-state index in [0.29, 0.717) is 14.9 Å². The lowest BCUT2D eigenvalue weighted by molar-refractivity contribution is 0.598. The van der Waals surface area contributed by atoms with Gasteiger partial charge in [0.1, 0.15) is 9.04 Å². The van der Waals surface area contributed by atoms with Crippen LogP contribution in [0.1, 0.15) is 5.56 Å². The molecule has 0 radical (unpaired) electrons. The van der Waals surface area contributed by atoms with Crippen molar-refractivity contribution in [3.8, 4) is 6.07 Å². The van der Waals surface area contributed by atoms with Gasteiger partial charge in [0.25, 0.3) is 0 Å². The number of benzene rings is 1. The van der Waals surface area contributed by atoms with Gasteiger partial charge in [-0.05, 0) is 46.3 Å². The lowest BCUT2D eigenvalue weighted by Gasteiger charge is -2.03. The number of nitrogens with zero attached hydrogens (tertiary/aromatic N) is 2. The highest BCUT2D eigenvalue weighted by Gasteiger charge is 2.25. The molecule has 0 N–H and O–H groups in total. The highest BCUT2D eigenvalue weighted by Crippen LogP contribution is 2.40. The van der Waals surface area contributed by atoms with E-state index in [9.17, 15) is 8.42 Å². The Morgan fingerprint density at radius 3 is 2.76 bits per heavy atom. The molecular formula is C14H7BrN2O2S2. The van der Waals surface area contributed by atoms with Crippen molar-refractivity contribution >= 4 is 47.3 Å². The molecule has 2 heterocycles. The van der Waals surface area contributed by atoms with Crippen LogP contribution >= 0.6 is 27.3 Å². The van der Waals surface area contributed by atoms with Gasteiger partial charge in [-0.2, -0.15) is 5.26 Å². The van der Waals surface area contributed by atoms with E-state index in [0.717, 1.165) is 16.7 Å². The number of halogens is 1. The second-order valence-corrected chi connectivity index (χ2v) is 8.14. The molecule has 104 valence electrons. The third kappa shape index (κ3) is 2.35. The predicted molar refractivity (Wildman–Crippen MR) is 83.9 cm³/mol. The van der Waals surface area contributed by atoms with Crippen LogP contribution < -0.4 is 0 Å². The van der Waals surface area contributed by atoms with Crippen LogP contribution in [0.15, 0.2) is 56.2 Å². The first-order valence-corrected chi connectivity index (χ1v) is 8.91. The van der Waals surface area contributed by atoms with Gasteiger partial charge in [-0.1, -0.05) is 6.07 Å². The van der Waals surface area contributed by atoms with Crippen LogP contribution in [-0.2, 0) is 9.84 Å². The van der Waals surface area contributed by atoms with Gasteiger partial charge in [0.15, 0.2) is 0 Å². The molecule has 3 aromatic rings. The van der Waals surface area contributed by atoms with Crippen LogP contribution in [0, 0.1) is 11.3 Å². The van der Waals surface area contributed by atoms with E-state index in [4.69, 9.17) is 5.26 Å². The predicted octanol–water partition coefficient (Wildman–Crippen LogP) is 3.76. The smallest absolute Gasteiger partial charge is 0.217 e. The molecule has 0 spiro atoms. The van der Waals surface area contributed by atoms with Gasteiger partial charge in [-0.3, -0.25) is 0 Å². The molecule has 7 heteroatoms. The molecular weight excluding hydrogens is 372 g/mol. The van der Waals surface area contributed by atoms with Crippen molar-refractivity contribution in [1.82, 2.24) is 4.98 Å². The molecule has 0 unspecified atom stereocenters. The minimum absolute atomic E-state index is 0.105. The summed E-state index contributed by atoms with van der Waals surface area (Å²) in [7, 11) is -3.68. The number of rotatable bonds is 2. The Hall–Kier alpha value is -1.75. The van der Waals surface area contributed by atoms with E-state index in [2.05, 4.69) is 20.9 Å². The van der Waals surface area contributed by atoms with E-state index >= 15 is 0 Å². The highest BCUT2D eigenvalue weighted by atomic mass is 79.9. The Bertz CT molecular complexity index is 988. The molecule has 0 saturated carbocycles. The van der Waals surface area contributed by atoms with Crippen LogP contribution in [0.2, 0.25) is 0 Å². The topological polar surface area (TPSA) is 70.8 Å². The van der Waals surface area contributed by atoms with Crippen LogP contribution in [0.4, 0.5) is 0 Å². The van der Waals surface area contributed by atoms with Crippen LogP contribution in [0.25, 0.3) is 10.2 Å². The fourth-order valence-corrected chi connectivity index (χ4v) is 6.06. The van der Waals surface area contributed by atoms with E-state index in [1.807, 2.05) is 12.1 Å². The molecule has 2 aromatic heterocycles. The maximum absolute atomic E-state index is 12.7. The van der Waals surface area contributed by atoms with Crippen molar-refractivity contribution < 1.29 is 8.42 Å². The number of hydrogen-bond donors (Lipinski definition) is 0. The SMILES string of the molecule is N#Cc1cccc(S(=O)(=O)c2sc3ncccc3c2Br)c1. The monoisotopic (exact) mass is 378 g/mol. The van der Waals surface area contributed by atoms with Crippen LogP contribution in [-0.4, -0.2) is 13.4 Å². The summed E-state index contributed by atoms with van der Waals surface area (Å²) in [6, 6.07) is 11.5. The van der Waals surface area contributed by atoms with E-state index in [-0.39, 0.29) is 9.10 Å². The molecule has 3 rings (SSSR count). The first-order chi connectivity index (χ1) is 10.0. The Labute approximate surface area is 133 Å². The third-order valence-corrected chi connectivity index (χ3v) is 7.63. The van der Waals surface area contributed by atoms with Gasteiger partial charge in [-0.15, -0.1) is 11.3 Å². The molecule has 0 fully saturated rings. The standard InChI is InChI=1S/C14H7BrN2O2S2/c15-12-11-5-2-6-17-13(11)20-14(12)21(18,19)10-4-1-3-9(7-10)8-16/h1-7H. The van der Waals surface area contributed by atoms with Crippen molar-refractivity contribution in [3.63, 3.8) is 0 Å². The normalized spacial score (nSPS) is 11.4. The summed E-state index contributed by atoms with van der Waals surface area (Å²) in [6.45, 7) is 0. The van der Waals surface area contributed by atoms with E-state index in [1.54, 1.807) is 24.4 Å². The maximum atomic E-state index is 12.7. The number of sulfone groups is 1. The first-order valence-electron chi connectivity index (χ1n) is 5.82. The number of hydrogen-bond acceptors (Lipinski definition) is 5. The van der Waals surface area contributed by atoms with Gasteiger partial charge in [0.05, 0.1) is 21.0 Å². The van der Waals surface area contributed by atoms with Crippen LogP contribution in [0.5, 0.6) is 0 Å². The molecule has 21 heavy (non-hydrogen) atoms. The lowest BCUT2D eigenvalue weighted by atomic mass is 10.2. The third-order valence-electron chi connectivity index (χ3n) is 2.89. The molecule has 0 amide bonds. The Morgan fingerprint density at radius 2 is 2.05 bits per heavy atom. The highest BCUT2D eigenvalue weighted by molar-refractivity contribution is 9.10. The Balaban J connectivity index is 2.25. The summed E-state index contributed by atoms with van der Waals surface area (Å²) in [4.78, 5) is 4.93. The molecule has 0 atom stereocenters. The summed E-state index contributed by atoms with van der Waals surface area (Å²) in [5.41, 5.74) is 0.312. The minimum Gasteiger partial charge on any atom is -0.245 e. The molecule has 0 saturated heterocycles. The average Bonchev–Trinajstić information content (AvgIpc) is 2.86. The number of fused-ring (bicyclic) bond motifs is 1. The van der Waals surface area contributed by atoms with Gasteiger partial charge in [0, 0.05) is 11.6 Å². The van der Waals surface area contributed by atoms with Crippen molar-refractivity contribution in [2.75, 3.05) is 0 Å². The van der Waals surface area contributed by atoms with Gasteiger partial charge >= 0.3 is 0 Å². The van der Waals surface area contributed by atoms with Crippen LogP contribution in [0.3, 0.4) is 0 Å². The molecule has 0 aliphatic carbocycles. The zero-order chi connectivity index (χ0) is 15.0. The summed E-state index contributed by atoms with van der Waals surface area (Å²) >= 11 is 4.46. The molecule has 0 bridgehead atoms. The van der Waals surface area contributed by atoms with Crippen molar-refractivity contribution in [2.24, 2.45) is 0 Å². The quantitative estimate of drug-likeness (QED) is 0.680. The lowest BCUT2D eigenvalue weighted by Crippen LogP contribution is -2.00. The van der Waals surface area contributed by atoms with Crippen molar-refractivity contribution in [2.45, 2.75) is 9.10 Å². The fourth-order valence-electron chi connectivity index (χ4n) is 1.89. The maximum Gasteiger partial charge on any atom is 0.217 e. The molecule has 0 aliphatic rings.